The van der Waals surface area contributed by atoms with Crippen molar-refractivity contribution >= 4 is 23.2 Å². The molecular weight excluding hydrogens is 331 g/mol. The molecule has 0 saturated carbocycles. The maximum absolute atomic E-state index is 13.8. The van der Waals surface area contributed by atoms with E-state index in [4.69, 9.17) is 0 Å². The fraction of sp³-hybridized carbons (Fsp3) is 0.150. The summed E-state index contributed by atoms with van der Waals surface area (Å²) in [6, 6.07) is 17.3. The highest BCUT2D eigenvalue weighted by atomic mass is 19.1. The summed E-state index contributed by atoms with van der Waals surface area (Å²) in [6.45, 7) is 4.42. The summed E-state index contributed by atoms with van der Waals surface area (Å²) in [7, 11) is 0. The third-order valence-corrected chi connectivity index (χ3v) is 3.82. The van der Waals surface area contributed by atoms with Crippen molar-refractivity contribution in [1.29, 1.82) is 0 Å². The van der Waals surface area contributed by atoms with Crippen molar-refractivity contribution in [2.75, 3.05) is 16.8 Å². The molecule has 2 aromatic carbocycles. The second-order valence-corrected chi connectivity index (χ2v) is 5.71. The number of nitrogens with zero attached hydrogens (tertiary/aromatic N) is 3. The van der Waals surface area contributed by atoms with Crippen LogP contribution >= 0.6 is 0 Å². The number of aryl methyl sites for hydroxylation is 1. The minimum Gasteiger partial charge on any atom is -0.318 e. The van der Waals surface area contributed by atoms with Crippen LogP contribution in [0.5, 0.6) is 0 Å². The van der Waals surface area contributed by atoms with Crippen molar-refractivity contribution in [3.8, 4) is 0 Å². The smallest absolute Gasteiger partial charge is 0.274 e. The van der Waals surface area contributed by atoms with Gasteiger partial charge in [0.15, 0.2) is 0 Å². The zero-order valence-electron chi connectivity index (χ0n) is 14.6. The first kappa shape index (κ1) is 17.5. The number of benzene rings is 2. The Hall–Kier alpha value is -3.28. The van der Waals surface area contributed by atoms with E-state index in [1.807, 2.05) is 42.2 Å². The molecule has 1 aromatic heterocycles. The Labute approximate surface area is 151 Å². The molecule has 1 amide bonds. The van der Waals surface area contributed by atoms with Crippen molar-refractivity contribution in [3.05, 3.63) is 77.9 Å². The van der Waals surface area contributed by atoms with E-state index in [0.29, 0.717) is 18.2 Å². The number of aromatic nitrogens is 2. The average molecular weight is 350 g/mol. The van der Waals surface area contributed by atoms with E-state index < -0.39 is 11.7 Å². The molecule has 0 unspecified atom stereocenters. The molecule has 0 aliphatic carbocycles. The van der Waals surface area contributed by atoms with E-state index in [1.54, 1.807) is 25.1 Å². The lowest BCUT2D eigenvalue weighted by Crippen LogP contribution is -2.22. The normalized spacial score (nSPS) is 10.4. The SMILES string of the molecule is CCN(c1ccccc1)c1nc(C)cc(C(=O)Nc2ccccc2F)n1. The van der Waals surface area contributed by atoms with E-state index in [-0.39, 0.29) is 11.4 Å². The van der Waals surface area contributed by atoms with Crippen LogP contribution in [0.15, 0.2) is 60.7 Å². The Morgan fingerprint density at radius 1 is 1.08 bits per heavy atom. The molecule has 0 fully saturated rings. The summed E-state index contributed by atoms with van der Waals surface area (Å²) in [5, 5.41) is 2.55. The summed E-state index contributed by atoms with van der Waals surface area (Å²) in [4.78, 5) is 23.3. The fourth-order valence-electron chi connectivity index (χ4n) is 2.59. The van der Waals surface area contributed by atoms with E-state index >= 15 is 0 Å². The van der Waals surface area contributed by atoms with E-state index in [1.165, 1.54) is 12.1 Å². The predicted molar refractivity (Wildman–Crippen MR) is 100 cm³/mol. The van der Waals surface area contributed by atoms with Crippen molar-refractivity contribution in [1.82, 2.24) is 9.97 Å². The Kier molecular flexibility index (Phi) is 5.22. The van der Waals surface area contributed by atoms with Crippen LogP contribution in [-0.2, 0) is 0 Å². The van der Waals surface area contributed by atoms with Gasteiger partial charge in [0, 0.05) is 17.9 Å². The van der Waals surface area contributed by atoms with Crippen LogP contribution < -0.4 is 10.2 Å². The van der Waals surface area contributed by atoms with Gasteiger partial charge in [-0.3, -0.25) is 4.79 Å². The molecule has 6 heteroatoms. The maximum Gasteiger partial charge on any atom is 0.274 e. The zero-order chi connectivity index (χ0) is 18.5. The molecule has 1 heterocycles. The van der Waals surface area contributed by atoms with Crippen LogP contribution in [0.4, 0.5) is 21.7 Å². The van der Waals surface area contributed by atoms with Crippen LogP contribution in [0.3, 0.4) is 0 Å². The fourth-order valence-corrected chi connectivity index (χ4v) is 2.59. The molecule has 0 radical (unpaired) electrons. The van der Waals surface area contributed by atoms with Gasteiger partial charge in [-0.15, -0.1) is 0 Å². The van der Waals surface area contributed by atoms with Crippen LogP contribution in [-0.4, -0.2) is 22.4 Å². The van der Waals surface area contributed by atoms with Crippen LogP contribution in [0.2, 0.25) is 0 Å². The quantitative estimate of drug-likeness (QED) is 0.744. The lowest BCUT2D eigenvalue weighted by Gasteiger charge is -2.21. The van der Waals surface area contributed by atoms with Crippen molar-refractivity contribution in [3.63, 3.8) is 0 Å². The van der Waals surface area contributed by atoms with E-state index in [9.17, 15) is 9.18 Å². The average Bonchev–Trinajstić information content (AvgIpc) is 2.65. The number of anilines is 3. The molecule has 0 atom stereocenters. The highest BCUT2D eigenvalue weighted by Crippen LogP contribution is 2.22. The maximum atomic E-state index is 13.8. The first-order valence-corrected chi connectivity index (χ1v) is 8.32. The lowest BCUT2D eigenvalue weighted by atomic mass is 10.2. The monoisotopic (exact) mass is 350 g/mol. The van der Waals surface area contributed by atoms with Crippen molar-refractivity contribution in [2.24, 2.45) is 0 Å². The Morgan fingerprint density at radius 3 is 2.46 bits per heavy atom. The summed E-state index contributed by atoms with van der Waals surface area (Å²) >= 11 is 0. The number of nitrogens with one attached hydrogen (secondary N) is 1. The number of carbonyl (C=O) groups is 1. The second kappa shape index (κ2) is 7.74. The Balaban J connectivity index is 1.92. The number of carbonyl (C=O) groups excluding carboxylic acids is 1. The molecule has 0 aliphatic heterocycles. The minimum absolute atomic E-state index is 0.116. The molecule has 0 aliphatic rings. The van der Waals surface area contributed by atoms with Crippen LogP contribution in [0, 0.1) is 12.7 Å². The number of halogens is 1. The summed E-state index contributed by atoms with van der Waals surface area (Å²) < 4.78 is 13.8. The first-order valence-electron chi connectivity index (χ1n) is 8.32. The molecule has 0 spiro atoms. The van der Waals surface area contributed by atoms with Gasteiger partial charge in [0.1, 0.15) is 11.5 Å². The molecule has 132 valence electrons. The molecule has 0 saturated heterocycles. The Morgan fingerprint density at radius 2 is 1.77 bits per heavy atom. The van der Waals surface area contributed by atoms with Crippen LogP contribution in [0.1, 0.15) is 23.1 Å². The van der Waals surface area contributed by atoms with Gasteiger partial charge in [0.05, 0.1) is 5.69 Å². The van der Waals surface area contributed by atoms with Gasteiger partial charge in [-0.2, -0.15) is 0 Å². The predicted octanol–water partition coefficient (Wildman–Crippen LogP) is 4.33. The zero-order valence-corrected chi connectivity index (χ0v) is 14.6. The van der Waals surface area contributed by atoms with Gasteiger partial charge in [-0.25, -0.2) is 14.4 Å². The van der Waals surface area contributed by atoms with Gasteiger partial charge >= 0.3 is 0 Å². The number of hydrogen-bond donors (Lipinski definition) is 1. The van der Waals surface area contributed by atoms with Crippen LogP contribution in [0.25, 0.3) is 0 Å². The minimum atomic E-state index is -0.494. The van der Waals surface area contributed by atoms with Gasteiger partial charge in [0.25, 0.3) is 5.91 Å². The number of hydrogen-bond acceptors (Lipinski definition) is 4. The molecule has 3 rings (SSSR count). The van der Waals surface area contributed by atoms with Gasteiger partial charge < -0.3 is 10.2 Å². The first-order chi connectivity index (χ1) is 12.6. The molecular formula is C20H19FN4O. The highest BCUT2D eigenvalue weighted by Gasteiger charge is 2.16. The molecule has 0 bridgehead atoms. The van der Waals surface area contributed by atoms with Crippen molar-refractivity contribution in [2.45, 2.75) is 13.8 Å². The topological polar surface area (TPSA) is 58.1 Å². The van der Waals surface area contributed by atoms with Crippen molar-refractivity contribution < 1.29 is 9.18 Å². The van der Waals surface area contributed by atoms with E-state index in [0.717, 1.165) is 5.69 Å². The molecule has 1 N–H and O–H groups in total. The largest absolute Gasteiger partial charge is 0.318 e. The van der Waals surface area contributed by atoms with Gasteiger partial charge in [-0.05, 0) is 44.2 Å². The number of amides is 1. The third-order valence-electron chi connectivity index (χ3n) is 3.82. The van der Waals surface area contributed by atoms with Gasteiger partial charge in [-0.1, -0.05) is 30.3 Å². The third kappa shape index (κ3) is 3.85. The summed E-state index contributed by atoms with van der Waals surface area (Å²) in [5.74, 6) is -0.547. The lowest BCUT2D eigenvalue weighted by molar-refractivity contribution is 0.102. The highest BCUT2D eigenvalue weighted by molar-refractivity contribution is 6.03. The second-order valence-electron chi connectivity index (χ2n) is 5.71. The number of rotatable bonds is 5. The molecule has 3 aromatic rings. The number of para-hydroxylation sites is 2. The Bertz CT molecular complexity index is 915. The van der Waals surface area contributed by atoms with Gasteiger partial charge in [0.2, 0.25) is 5.95 Å². The standard InChI is InChI=1S/C20H19FN4O/c1-3-25(15-9-5-4-6-10-15)20-22-14(2)13-18(24-20)19(26)23-17-12-8-7-11-16(17)21/h4-13H,3H2,1-2H3,(H,23,26). The molecule has 26 heavy (non-hydrogen) atoms. The summed E-state index contributed by atoms with van der Waals surface area (Å²) in [5.41, 5.74) is 1.89. The van der Waals surface area contributed by atoms with E-state index in [2.05, 4.69) is 15.3 Å². The molecule has 5 nitrogen and oxygen atoms in total. The summed E-state index contributed by atoms with van der Waals surface area (Å²) in [6.07, 6.45) is 0.